The molecule has 0 spiro atoms. The minimum absolute atomic E-state index is 0.00450. The van der Waals surface area contributed by atoms with Crippen LogP contribution < -0.4 is 4.90 Å². The van der Waals surface area contributed by atoms with Gasteiger partial charge in [-0.25, -0.2) is 9.97 Å². The Morgan fingerprint density at radius 2 is 1.72 bits per heavy atom. The standard InChI is InChI=1S/C26H29ClN4O/c1-18-8-7-11-22(16-18)24-28-20(3)23(17-21-9-5-4-6-10-21)25(29-24)30-12-14-31(15-13-30)26(32)19(2)27/h4-11,16,19H,12-15,17H2,1-3H3/t19-/m0/s1. The van der Waals surface area contributed by atoms with E-state index in [1.165, 1.54) is 11.1 Å². The van der Waals surface area contributed by atoms with E-state index in [1.807, 2.05) is 17.0 Å². The molecule has 1 saturated heterocycles. The number of benzene rings is 2. The second kappa shape index (κ2) is 9.70. The van der Waals surface area contributed by atoms with Crippen LogP contribution in [0.1, 0.15) is 29.3 Å². The lowest BCUT2D eigenvalue weighted by Crippen LogP contribution is -2.51. The molecule has 1 fully saturated rings. The number of amides is 1. The van der Waals surface area contributed by atoms with Gasteiger partial charge in [0.15, 0.2) is 5.82 Å². The molecule has 0 N–H and O–H groups in total. The van der Waals surface area contributed by atoms with E-state index in [-0.39, 0.29) is 5.91 Å². The second-order valence-corrected chi connectivity index (χ2v) is 9.05. The number of rotatable bonds is 5. The molecule has 5 nitrogen and oxygen atoms in total. The third kappa shape index (κ3) is 4.94. The van der Waals surface area contributed by atoms with Gasteiger partial charge in [-0.3, -0.25) is 4.79 Å². The van der Waals surface area contributed by atoms with E-state index in [0.717, 1.165) is 48.0 Å². The molecule has 1 amide bonds. The molecule has 2 heterocycles. The second-order valence-electron chi connectivity index (χ2n) is 8.39. The zero-order valence-electron chi connectivity index (χ0n) is 18.9. The first kappa shape index (κ1) is 22.3. The minimum Gasteiger partial charge on any atom is -0.353 e. The van der Waals surface area contributed by atoms with Gasteiger partial charge in [-0.05, 0) is 32.4 Å². The van der Waals surface area contributed by atoms with Gasteiger partial charge in [-0.15, -0.1) is 11.6 Å². The summed E-state index contributed by atoms with van der Waals surface area (Å²) in [5, 5.41) is -0.496. The fraction of sp³-hybridized carbons (Fsp3) is 0.346. The molecule has 3 aromatic rings. The third-order valence-corrected chi connectivity index (χ3v) is 6.11. The van der Waals surface area contributed by atoms with Crippen LogP contribution in [0.3, 0.4) is 0 Å². The highest BCUT2D eigenvalue weighted by Gasteiger charge is 2.27. The molecule has 6 heteroatoms. The number of aryl methyl sites for hydroxylation is 2. The Morgan fingerprint density at radius 3 is 2.38 bits per heavy atom. The first-order valence-electron chi connectivity index (χ1n) is 11.1. The number of piperazine rings is 1. The van der Waals surface area contributed by atoms with Gasteiger partial charge in [0.25, 0.3) is 0 Å². The lowest BCUT2D eigenvalue weighted by atomic mass is 10.0. The molecular weight excluding hydrogens is 420 g/mol. The number of nitrogens with zero attached hydrogens (tertiary/aromatic N) is 4. The fourth-order valence-electron chi connectivity index (χ4n) is 4.15. The van der Waals surface area contributed by atoms with E-state index >= 15 is 0 Å². The average molecular weight is 449 g/mol. The third-order valence-electron chi connectivity index (χ3n) is 5.92. The van der Waals surface area contributed by atoms with Crippen LogP contribution in [-0.4, -0.2) is 52.3 Å². The van der Waals surface area contributed by atoms with Crippen LogP contribution in [0.2, 0.25) is 0 Å². The van der Waals surface area contributed by atoms with Gasteiger partial charge >= 0.3 is 0 Å². The minimum atomic E-state index is -0.496. The van der Waals surface area contributed by atoms with E-state index in [9.17, 15) is 4.79 Å². The summed E-state index contributed by atoms with van der Waals surface area (Å²) in [5.74, 6) is 1.70. The smallest absolute Gasteiger partial charge is 0.240 e. The van der Waals surface area contributed by atoms with Crippen LogP contribution in [0.25, 0.3) is 11.4 Å². The molecule has 0 unspecified atom stereocenters. The zero-order valence-corrected chi connectivity index (χ0v) is 19.6. The molecule has 166 valence electrons. The van der Waals surface area contributed by atoms with E-state index < -0.39 is 5.38 Å². The van der Waals surface area contributed by atoms with Crippen molar-refractivity contribution in [1.29, 1.82) is 0 Å². The van der Waals surface area contributed by atoms with Crippen molar-refractivity contribution < 1.29 is 4.79 Å². The topological polar surface area (TPSA) is 49.3 Å². The first-order chi connectivity index (χ1) is 15.4. The first-order valence-corrected chi connectivity index (χ1v) is 11.5. The van der Waals surface area contributed by atoms with E-state index in [2.05, 4.69) is 61.2 Å². The largest absolute Gasteiger partial charge is 0.353 e. The normalized spacial score (nSPS) is 15.0. The summed E-state index contributed by atoms with van der Waals surface area (Å²) in [6.07, 6.45) is 0.772. The highest BCUT2D eigenvalue weighted by atomic mass is 35.5. The molecule has 1 atom stereocenters. The Balaban J connectivity index is 1.70. The summed E-state index contributed by atoms with van der Waals surface area (Å²) in [5.41, 5.74) is 5.56. The van der Waals surface area contributed by atoms with Crippen LogP contribution in [0.5, 0.6) is 0 Å². The number of hydrogen-bond donors (Lipinski definition) is 0. The number of carbonyl (C=O) groups excluding carboxylic acids is 1. The fourth-order valence-corrected chi connectivity index (χ4v) is 4.29. The van der Waals surface area contributed by atoms with Gasteiger partial charge in [-0.1, -0.05) is 54.1 Å². The Morgan fingerprint density at radius 1 is 1.00 bits per heavy atom. The van der Waals surface area contributed by atoms with Gasteiger partial charge in [0, 0.05) is 49.4 Å². The molecule has 1 aliphatic rings. The van der Waals surface area contributed by atoms with Crippen molar-refractivity contribution >= 4 is 23.3 Å². The van der Waals surface area contributed by atoms with Crippen molar-refractivity contribution in [3.63, 3.8) is 0 Å². The summed E-state index contributed by atoms with van der Waals surface area (Å²) in [6, 6.07) is 18.7. The molecule has 1 aromatic heterocycles. The van der Waals surface area contributed by atoms with Gasteiger partial charge < -0.3 is 9.80 Å². The molecule has 2 aromatic carbocycles. The van der Waals surface area contributed by atoms with Crippen molar-refractivity contribution in [3.05, 3.63) is 77.0 Å². The molecule has 0 aliphatic carbocycles. The maximum absolute atomic E-state index is 12.3. The molecular formula is C26H29ClN4O. The molecule has 32 heavy (non-hydrogen) atoms. The predicted molar refractivity (Wildman–Crippen MR) is 130 cm³/mol. The molecule has 1 aliphatic heterocycles. The van der Waals surface area contributed by atoms with Crippen LogP contribution in [-0.2, 0) is 11.2 Å². The van der Waals surface area contributed by atoms with E-state index in [4.69, 9.17) is 21.6 Å². The molecule has 4 rings (SSSR count). The van der Waals surface area contributed by atoms with Crippen molar-refractivity contribution in [2.24, 2.45) is 0 Å². The average Bonchev–Trinajstić information content (AvgIpc) is 2.80. The van der Waals surface area contributed by atoms with Crippen LogP contribution >= 0.6 is 11.6 Å². The maximum Gasteiger partial charge on any atom is 0.240 e. The van der Waals surface area contributed by atoms with Crippen LogP contribution in [0, 0.1) is 13.8 Å². The Labute approximate surface area is 195 Å². The molecule has 0 bridgehead atoms. The Hall–Kier alpha value is -2.92. The van der Waals surface area contributed by atoms with Crippen molar-refractivity contribution in [1.82, 2.24) is 14.9 Å². The van der Waals surface area contributed by atoms with Crippen molar-refractivity contribution in [2.75, 3.05) is 31.1 Å². The van der Waals surface area contributed by atoms with Crippen LogP contribution in [0.4, 0.5) is 5.82 Å². The van der Waals surface area contributed by atoms with Crippen molar-refractivity contribution in [2.45, 2.75) is 32.6 Å². The van der Waals surface area contributed by atoms with E-state index in [1.54, 1.807) is 6.92 Å². The Bertz CT molecular complexity index is 1090. The van der Waals surface area contributed by atoms with E-state index in [0.29, 0.717) is 13.1 Å². The monoisotopic (exact) mass is 448 g/mol. The number of carbonyl (C=O) groups is 1. The quantitative estimate of drug-likeness (QED) is 0.534. The SMILES string of the molecule is Cc1cccc(-c2nc(C)c(Cc3ccccc3)c(N3CCN(C(=O)[C@H](C)Cl)CC3)n2)c1. The lowest BCUT2D eigenvalue weighted by molar-refractivity contribution is -0.130. The lowest BCUT2D eigenvalue weighted by Gasteiger charge is -2.37. The predicted octanol–water partition coefficient (Wildman–Crippen LogP) is 4.63. The maximum atomic E-state index is 12.3. The van der Waals surface area contributed by atoms with Gasteiger partial charge in [0.2, 0.25) is 5.91 Å². The summed E-state index contributed by atoms with van der Waals surface area (Å²) in [4.78, 5) is 26.4. The number of hydrogen-bond acceptors (Lipinski definition) is 4. The Kier molecular flexibility index (Phi) is 6.75. The summed E-state index contributed by atoms with van der Waals surface area (Å²) < 4.78 is 0. The van der Waals surface area contributed by atoms with Crippen LogP contribution in [0.15, 0.2) is 54.6 Å². The summed E-state index contributed by atoms with van der Waals surface area (Å²) >= 11 is 6.03. The summed E-state index contributed by atoms with van der Waals surface area (Å²) in [6.45, 7) is 8.61. The highest BCUT2D eigenvalue weighted by Crippen LogP contribution is 2.28. The molecule has 0 radical (unpaired) electrons. The van der Waals surface area contributed by atoms with Gasteiger partial charge in [0.05, 0.1) is 0 Å². The number of alkyl halides is 1. The highest BCUT2D eigenvalue weighted by molar-refractivity contribution is 6.30. The summed E-state index contributed by atoms with van der Waals surface area (Å²) in [7, 11) is 0. The van der Waals surface area contributed by atoms with Crippen molar-refractivity contribution in [3.8, 4) is 11.4 Å². The number of anilines is 1. The zero-order chi connectivity index (χ0) is 22.7. The van der Waals surface area contributed by atoms with Gasteiger partial charge in [-0.2, -0.15) is 0 Å². The number of aromatic nitrogens is 2. The number of halogens is 1. The van der Waals surface area contributed by atoms with Gasteiger partial charge in [0.1, 0.15) is 11.2 Å². The molecule has 0 saturated carbocycles.